The quantitative estimate of drug-likeness (QED) is 0.903. The molecule has 0 bridgehead atoms. The van der Waals surface area contributed by atoms with Crippen LogP contribution in [0.2, 0.25) is 0 Å². The van der Waals surface area contributed by atoms with Crippen LogP contribution in [0.1, 0.15) is 30.4 Å². The summed E-state index contributed by atoms with van der Waals surface area (Å²) in [6, 6.07) is 10.6. The van der Waals surface area contributed by atoms with Crippen molar-refractivity contribution < 1.29 is 4.74 Å². The van der Waals surface area contributed by atoms with Crippen molar-refractivity contribution in [1.82, 2.24) is 9.88 Å². The molecule has 1 N–H and O–H groups in total. The number of ether oxygens (including phenoxy) is 1. The lowest BCUT2D eigenvalue weighted by atomic mass is 9.93. The van der Waals surface area contributed by atoms with Crippen molar-refractivity contribution in [1.29, 1.82) is 0 Å². The van der Waals surface area contributed by atoms with Gasteiger partial charge >= 0.3 is 0 Å². The number of hydrogen-bond donors (Lipinski definition) is 1. The van der Waals surface area contributed by atoms with Crippen LogP contribution in [0.25, 0.3) is 0 Å². The smallest absolute Gasteiger partial charge is 0.122 e. The van der Waals surface area contributed by atoms with Crippen LogP contribution in [0, 0.1) is 0 Å². The van der Waals surface area contributed by atoms with E-state index in [0.717, 1.165) is 38.4 Å². The number of rotatable bonds is 5. The largest absolute Gasteiger partial charge is 0.493 e. The molecule has 0 spiro atoms. The van der Waals surface area contributed by atoms with Crippen molar-refractivity contribution in [3.8, 4) is 5.75 Å². The number of aromatic nitrogens is 1. The summed E-state index contributed by atoms with van der Waals surface area (Å²) in [4.78, 5) is 0. The zero-order chi connectivity index (χ0) is 13.8. The van der Waals surface area contributed by atoms with E-state index in [9.17, 15) is 0 Å². The van der Waals surface area contributed by atoms with Crippen molar-refractivity contribution in [3.63, 3.8) is 0 Å². The summed E-state index contributed by atoms with van der Waals surface area (Å²) >= 11 is 0. The van der Waals surface area contributed by atoms with Crippen LogP contribution in [0.4, 0.5) is 0 Å². The van der Waals surface area contributed by atoms with Crippen molar-refractivity contribution in [3.05, 3.63) is 53.9 Å². The first-order valence-electron chi connectivity index (χ1n) is 7.44. The average Bonchev–Trinajstić information content (AvgIpc) is 2.93. The molecule has 1 aliphatic rings. The van der Waals surface area contributed by atoms with E-state index in [1.807, 2.05) is 6.07 Å². The summed E-state index contributed by atoms with van der Waals surface area (Å²) in [5.41, 5.74) is 2.70. The highest BCUT2D eigenvalue weighted by atomic mass is 16.5. The standard InChI is InChI=1S/C17H22N2O/c1-2-18-11-14-7-9-19(12-14)13-15-8-10-20-17-6-4-3-5-16(15)17/h3-7,9,12,15,18H,2,8,10-11,13H2,1H3. The molecule has 0 saturated heterocycles. The third-order valence-electron chi connectivity index (χ3n) is 3.90. The first kappa shape index (κ1) is 13.3. The third kappa shape index (κ3) is 2.88. The normalized spacial score (nSPS) is 17.6. The monoisotopic (exact) mass is 270 g/mol. The fraction of sp³-hybridized carbons (Fsp3) is 0.412. The Morgan fingerprint density at radius 1 is 1.30 bits per heavy atom. The van der Waals surface area contributed by atoms with Crippen LogP contribution < -0.4 is 10.1 Å². The molecule has 0 saturated carbocycles. The second kappa shape index (κ2) is 6.14. The van der Waals surface area contributed by atoms with Gasteiger partial charge in [-0.2, -0.15) is 0 Å². The van der Waals surface area contributed by atoms with Gasteiger partial charge in [-0.15, -0.1) is 0 Å². The van der Waals surface area contributed by atoms with Gasteiger partial charge in [-0.3, -0.25) is 0 Å². The SMILES string of the molecule is CCNCc1ccn(CC2CCOc3ccccc32)c1. The van der Waals surface area contributed by atoms with Gasteiger partial charge < -0.3 is 14.6 Å². The second-order valence-corrected chi connectivity index (χ2v) is 5.37. The van der Waals surface area contributed by atoms with Crippen LogP contribution in [0.15, 0.2) is 42.7 Å². The summed E-state index contributed by atoms with van der Waals surface area (Å²) in [6.07, 6.45) is 5.53. The van der Waals surface area contributed by atoms with Gasteiger partial charge in [0.15, 0.2) is 0 Å². The van der Waals surface area contributed by atoms with Gasteiger partial charge in [0, 0.05) is 31.4 Å². The van der Waals surface area contributed by atoms with Crippen molar-refractivity contribution in [2.24, 2.45) is 0 Å². The van der Waals surface area contributed by atoms with Crippen LogP contribution in [-0.2, 0) is 13.1 Å². The third-order valence-corrected chi connectivity index (χ3v) is 3.90. The molecular weight excluding hydrogens is 248 g/mol. The highest BCUT2D eigenvalue weighted by Gasteiger charge is 2.21. The molecule has 1 aromatic carbocycles. The lowest BCUT2D eigenvalue weighted by Gasteiger charge is -2.26. The van der Waals surface area contributed by atoms with E-state index in [0.29, 0.717) is 5.92 Å². The summed E-state index contributed by atoms with van der Waals surface area (Å²) in [6.45, 7) is 5.96. The number of fused-ring (bicyclic) bond motifs is 1. The second-order valence-electron chi connectivity index (χ2n) is 5.37. The van der Waals surface area contributed by atoms with Crippen LogP contribution in [0.5, 0.6) is 5.75 Å². The number of benzene rings is 1. The van der Waals surface area contributed by atoms with Gasteiger partial charge in [-0.05, 0) is 36.2 Å². The van der Waals surface area contributed by atoms with Gasteiger partial charge in [-0.1, -0.05) is 25.1 Å². The van der Waals surface area contributed by atoms with Crippen molar-refractivity contribution in [2.45, 2.75) is 32.4 Å². The van der Waals surface area contributed by atoms with E-state index in [1.165, 1.54) is 11.1 Å². The number of nitrogens with zero attached hydrogens (tertiary/aromatic N) is 1. The van der Waals surface area contributed by atoms with Crippen molar-refractivity contribution >= 4 is 0 Å². The maximum atomic E-state index is 5.73. The Morgan fingerprint density at radius 2 is 2.20 bits per heavy atom. The molecule has 1 atom stereocenters. The lowest BCUT2D eigenvalue weighted by Crippen LogP contribution is -2.18. The highest BCUT2D eigenvalue weighted by Crippen LogP contribution is 2.34. The van der Waals surface area contributed by atoms with Crippen LogP contribution in [-0.4, -0.2) is 17.7 Å². The van der Waals surface area contributed by atoms with Crippen LogP contribution >= 0.6 is 0 Å². The Hall–Kier alpha value is -1.74. The average molecular weight is 270 g/mol. The first-order chi connectivity index (χ1) is 9.86. The number of nitrogens with one attached hydrogen (secondary N) is 1. The predicted molar refractivity (Wildman–Crippen MR) is 81.1 cm³/mol. The molecule has 0 fully saturated rings. The molecule has 106 valence electrons. The summed E-state index contributed by atoms with van der Waals surface area (Å²) in [5, 5.41) is 3.36. The summed E-state index contributed by atoms with van der Waals surface area (Å²) in [5.74, 6) is 1.61. The Morgan fingerprint density at radius 3 is 3.10 bits per heavy atom. The predicted octanol–water partition coefficient (Wildman–Crippen LogP) is 3.16. The van der Waals surface area contributed by atoms with E-state index in [-0.39, 0.29) is 0 Å². The maximum Gasteiger partial charge on any atom is 0.122 e. The van der Waals surface area contributed by atoms with Gasteiger partial charge in [0.05, 0.1) is 6.61 Å². The number of hydrogen-bond acceptors (Lipinski definition) is 2. The van der Waals surface area contributed by atoms with Gasteiger partial charge in [0.2, 0.25) is 0 Å². The summed E-state index contributed by atoms with van der Waals surface area (Å²) in [7, 11) is 0. The molecule has 0 radical (unpaired) electrons. The van der Waals surface area contributed by atoms with E-state index in [2.05, 4.69) is 53.5 Å². The maximum absolute atomic E-state index is 5.73. The minimum Gasteiger partial charge on any atom is -0.493 e. The van der Waals surface area contributed by atoms with Gasteiger partial charge in [-0.25, -0.2) is 0 Å². The molecule has 2 aromatic rings. The molecule has 0 aliphatic carbocycles. The molecular formula is C17H22N2O. The molecule has 3 nitrogen and oxygen atoms in total. The summed E-state index contributed by atoms with van der Waals surface area (Å²) < 4.78 is 8.04. The topological polar surface area (TPSA) is 26.2 Å². The van der Waals surface area contributed by atoms with Gasteiger partial charge in [0.25, 0.3) is 0 Å². The van der Waals surface area contributed by atoms with Crippen LogP contribution in [0.3, 0.4) is 0 Å². The molecule has 20 heavy (non-hydrogen) atoms. The molecule has 3 heteroatoms. The molecule has 0 amide bonds. The molecule has 1 unspecified atom stereocenters. The van der Waals surface area contributed by atoms with E-state index >= 15 is 0 Å². The Bertz CT molecular complexity index is 562. The lowest BCUT2D eigenvalue weighted by molar-refractivity contribution is 0.259. The fourth-order valence-corrected chi connectivity index (χ4v) is 2.84. The molecule has 1 aliphatic heterocycles. The minimum absolute atomic E-state index is 0.555. The molecule has 2 heterocycles. The Labute approximate surface area is 120 Å². The zero-order valence-corrected chi connectivity index (χ0v) is 12.0. The van der Waals surface area contributed by atoms with Gasteiger partial charge in [0.1, 0.15) is 5.75 Å². The molecule has 3 rings (SSSR count). The first-order valence-corrected chi connectivity index (χ1v) is 7.44. The highest BCUT2D eigenvalue weighted by molar-refractivity contribution is 5.37. The Kier molecular flexibility index (Phi) is 4.07. The van der Waals surface area contributed by atoms with Crippen molar-refractivity contribution in [2.75, 3.05) is 13.2 Å². The number of para-hydroxylation sites is 1. The Balaban J connectivity index is 1.71. The molecule has 1 aromatic heterocycles. The minimum atomic E-state index is 0.555. The van der Waals surface area contributed by atoms with E-state index in [1.54, 1.807) is 0 Å². The zero-order valence-electron chi connectivity index (χ0n) is 12.0. The van der Waals surface area contributed by atoms with E-state index < -0.39 is 0 Å². The van der Waals surface area contributed by atoms with E-state index in [4.69, 9.17) is 4.74 Å². The fourth-order valence-electron chi connectivity index (χ4n) is 2.84.